The number of primary amides is 1. The Hall–Kier alpha value is -2.53. The van der Waals surface area contributed by atoms with E-state index in [1.807, 2.05) is 0 Å². The van der Waals surface area contributed by atoms with Gasteiger partial charge in [-0.05, 0) is 42.5 Å². The second-order valence-electron chi connectivity index (χ2n) is 4.14. The number of benzene rings is 2. The zero-order valence-electron chi connectivity index (χ0n) is 10.4. The summed E-state index contributed by atoms with van der Waals surface area (Å²) in [5.41, 5.74) is 12.4. The molecular formula is C14H12ClN3O2. The van der Waals surface area contributed by atoms with E-state index in [1.54, 1.807) is 18.2 Å². The molecule has 0 fully saturated rings. The van der Waals surface area contributed by atoms with Crippen LogP contribution in [0.1, 0.15) is 20.7 Å². The molecule has 0 atom stereocenters. The van der Waals surface area contributed by atoms with Crippen LogP contribution in [0.2, 0.25) is 5.02 Å². The average Bonchev–Trinajstić information content (AvgIpc) is 2.42. The van der Waals surface area contributed by atoms with E-state index in [1.165, 1.54) is 24.3 Å². The average molecular weight is 290 g/mol. The Balaban J connectivity index is 2.17. The summed E-state index contributed by atoms with van der Waals surface area (Å²) in [5.74, 6) is -0.883. The van der Waals surface area contributed by atoms with E-state index in [-0.39, 0.29) is 5.91 Å². The van der Waals surface area contributed by atoms with Gasteiger partial charge in [0.05, 0.1) is 10.7 Å². The highest BCUT2D eigenvalue weighted by molar-refractivity contribution is 6.34. The van der Waals surface area contributed by atoms with Crippen LogP contribution in [-0.4, -0.2) is 11.8 Å². The number of hydrogen-bond donors (Lipinski definition) is 3. The molecular weight excluding hydrogens is 278 g/mol. The monoisotopic (exact) mass is 289 g/mol. The van der Waals surface area contributed by atoms with E-state index in [2.05, 4.69) is 5.32 Å². The predicted octanol–water partition coefficient (Wildman–Crippen LogP) is 2.27. The van der Waals surface area contributed by atoms with Gasteiger partial charge in [-0.1, -0.05) is 11.6 Å². The maximum absolute atomic E-state index is 12.0. The van der Waals surface area contributed by atoms with E-state index in [0.29, 0.717) is 27.5 Å². The van der Waals surface area contributed by atoms with Gasteiger partial charge in [0.15, 0.2) is 0 Å². The molecule has 0 unspecified atom stereocenters. The largest absolute Gasteiger partial charge is 0.399 e. The minimum Gasteiger partial charge on any atom is -0.399 e. The highest BCUT2D eigenvalue weighted by Crippen LogP contribution is 2.24. The second-order valence-corrected chi connectivity index (χ2v) is 4.54. The maximum Gasteiger partial charge on any atom is 0.255 e. The third-order valence-electron chi connectivity index (χ3n) is 2.67. The molecule has 0 aliphatic heterocycles. The molecule has 2 amide bonds. The second kappa shape index (κ2) is 5.63. The minimum absolute atomic E-state index is 0.340. The Morgan fingerprint density at radius 3 is 2.15 bits per heavy atom. The van der Waals surface area contributed by atoms with Crippen molar-refractivity contribution in [2.24, 2.45) is 5.73 Å². The molecule has 20 heavy (non-hydrogen) atoms. The zero-order valence-corrected chi connectivity index (χ0v) is 11.1. The van der Waals surface area contributed by atoms with Crippen LogP contribution in [0.15, 0.2) is 42.5 Å². The number of carbonyl (C=O) groups is 2. The normalized spacial score (nSPS) is 10.1. The van der Waals surface area contributed by atoms with Crippen LogP contribution < -0.4 is 16.8 Å². The quantitative estimate of drug-likeness (QED) is 0.756. The summed E-state index contributed by atoms with van der Waals surface area (Å²) >= 11 is 5.97. The summed E-state index contributed by atoms with van der Waals surface area (Å²) in [4.78, 5) is 23.0. The van der Waals surface area contributed by atoms with Crippen molar-refractivity contribution in [3.05, 3.63) is 58.6 Å². The number of nitrogens with one attached hydrogen (secondary N) is 1. The van der Waals surface area contributed by atoms with Gasteiger partial charge in [0.25, 0.3) is 5.91 Å². The minimum atomic E-state index is -0.543. The molecule has 5 nitrogen and oxygen atoms in total. The first-order chi connectivity index (χ1) is 9.47. The van der Waals surface area contributed by atoms with Gasteiger partial charge in [-0.15, -0.1) is 0 Å². The lowest BCUT2D eigenvalue weighted by Gasteiger charge is -2.08. The van der Waals surface area contributed by atoms with Crippen LogP contribution in [0.25, 0.3) is 0 Å². The lowest BCUT2D eigenvalue weighted by molar-refractivity contribution is 0.0995. The summed E-state index contributed by atoms with van der Waals surface area (Å²) in [6.45, 7) is 0. The van der Waals surface area contributed by atoms with Crippen LogP contribution in [0.4, 0.5) is 11.4 Å². The summed E-state index contributed by atoms with van der Waals surface area (Å²) in [6, 6.07) is 10.8. The SMILES string of the molecule is NC(=O)c1ccc(C(=O)Nc2ccc(N)cc2Cl)cc1. The lowest BCUT2D eigenvalue weighted by Crippen LogP contribution is -2.14. The Morgan fingerprint density at radius 1 is 1.00 bits per heavy atom. The number of halogens is 1. The number of nitrogens with two attached hydrogens (primary N) is 2. The van der Waals surface area contributed by atoms with Gasteiger partial charge >= 0.3 is 0 Å². The molecule has 5 N–H and O–H groups in total. The third kappa shape index (κ3) is 3.07. The molecule has 0 aromatic heterocycles. The van der Waals surface area contributed by atoms with Crippen LogP contribution in [0, 0.1) is 0 Å². The molecule has 2 aromatic carbocycles. The van der Waals surface area contributed by atoms with Crippen molar-refractivity contribution in [2.75, 3.05) is 11.1 Å². The van der Waals surface area contributed by atoms with Gasteiger partial charge in [-0.2, -0.15) is 0 Å². The topological polar surface area (TPSA) is 98.2 Å². The Morgan fingerprint density at radius 2 is 1.60 bits per heavy atom. The van der Waals surface area contributed by atoms with Crippen LogP contribution in [0.5, 0.6) is 0 Å². The van der Waals surface area contributed by atoms with Gasteiger partial charge in [-0.25, -0.2) is 0 Å². The van der Waals surface area contributed by atoms with Crippen LogP contribution in [0.3, 0.4) is 0 Å². The van der Waals surface area contributed by atoms with Crippen molar-refractivity contribution in [3.8, 4) is 0 Å². The van der Waals surface area contributed by atoms with Crippen molar-refractivity contribution in [2.45, 2.75) is 0 Å². The first kappa shape index (κ1) is 13.9. The first-order valence-corrected chi connectivity index (χ1v) is 6.11. The van der Waals surface area contributed by atoms with Crippen molar-refractivity contribution in [1.82, 2.24) is 0 Å². The summed E-state index contributed by atoms with van der Waals surface area (Å²) < 4.78 is 0. The van der Waals surface area contributed by atoms with Gasteiger partial charge in [0.2, 0.25) is 5.91 Å². The number of amides is 2. The highest BCUT2D eigenvalue weighted by atomic mass is 35.5. The Bertz CT molecular complexity index is 669. The number of rotatable bonds is 3. The lowest BCUT2D eigenvalue weighted by atomic mass is 10.1. The summed E-state index contributed by atoms with van der Waals surface area (Å²) in [7, 11) is 0. The van der Waals surface area contributed by atoms with Gasteiger partial charge in [0.1, 0.15) is 0 Å². The fourth-order valence-corrected chi connectivity index (χ4v) is 1.85. The summed E-state index contributed by atoms with van der Waals surface area (Å²) in [6.07, 6.45) is 0. The molecule has 2 aromatic rings. The molecule has 0 aliphatic rings. The third-order valence-corrected chi connectivity index (χ3v) is 2.99. The van der Waals surface area contributed by atoms with Crippen molar-refractivity contribution in [1.29, 1.82) is 0 Å². The molecule has 2 rings (SSSR count). The molecule has 0 radical (unpaired) electrons. The Kier molecular flexibility index (Phi) is 3.91. The van der Waals surface area contributed by atoms with E-state index in [9.17, 15) is 9.59 Å². The fourth-order valence-electron chi connectivity index (χ4n) is 1.61. The number of nitrogen functional groups attached to an aromatic ring is 1. The molecule has 6 heteroatoms. The Labute approximate surface area is 120 Å². The van der Waals surface area contributed by atoms with Gasteiger partial charge in [-0.3, -0.25) is 9.59 Å². The molecule has 0 saturated carbocycles. The van der Waals surface area contributed by atoms with Gasteiger partial charge in [0, 0.05) is 16.8 Å². The molecule has 102 valence electrons. The van der Waals surface area contributed by atoms with Gasteiger partial charge < -0.3 is 16.8 Å². The smallest absolute Gasteiger partial charge is 0.255 e. The van der Waals surface area contributed by atoms with Crippen LogP contribution >= 0.6 is 11.6 Å². The maximum atomic E-state index is 12.0. The van der Waals surface area contributed by atoms with Crippen molar-refractivity contribution < 1.29 is 9.59 Å². The van der Waals surface area contributed by atoms with Crippen LogP contribution in [-0.2, 0) is 0 Å². The fraction of sp³-hybridized carbons (Fsp3) is 0. The molecule has 0 bridgehead atoms. The number of hydrogen-bond acceptors (Lipinski definition) is 3. The van der Waals surface area contributed by atoms with E-state index < -0.39 is 5.91 Å². The predicted molar refractivity (Wildman–Crippen MR) is 78.8 cm³/mol. The first-order valence-electron chi connectivity index (χ1n) is 5.73. The summed E-state index contributed by atoms with van der Waals surface area (Å²) in [5, 5.41) is 3.01. The highest BCUT2D eigenvalue weighted by Gasteiger charge is 2.09. The molecule has 0 aliphatic carbocycles. The molecule has 0 spiro atoms. The van der Waals surface area contributed by atoms with Crippen molar-refractivity contribution in [3.63, 3.8) is 0 Å². The number of carbonyl (C=O) groups excluding carboxylic acids is 2. The van der Waals surface area contributed by atoms with Crippen molar-refractivity contribution >= 4 is 34.8 Å². The standard InChI is InChI=1S/C14H12ClN3O2/c15-11-7-10(16)5-6-12(11)18-14(20)9-3-1-8(2-4-9)13(17)19/h1-7H,16H2,(H2,17,19)(H,18,20). The number of anilines is 2. The zero-order chi connectivity index (χ0) is 14.7. The van der Waals surface area contributed by atoms with E-state index in [0.717, 1.165) is 0 Å². The van der Waals surface area contributed by atoms with E-state index >= 15 is 0 Å². The van der Waals surface area contributed by atoms with E-state index in [4.69, 9.17) is 23.1 Å². The molecule has 0 heterocycles. The molecule has 0 saturated heterocycles.